The Balaban J connectivity index is 0.943. The first-order valence-electron chi connectivity index (χ1n) is 18.7. The van der Waals surface area contributed by atoms with Gasteiger partial charge in [0.1, 0.15) is 17.1 Å². The van der Waals surface area contributed by atoms with Gasteiger partial charge in [-0.25, -0.2) is 9.37 Å². The molecular formula is C43H48FN5O3. The van der Waals surface area contributed by atoms with Crippen LogP contribution in [0.2, 0.25) is 0 Å². The number of ether oxygens (including phenoxy) is 2. The van der Waals surface area contributed by atoms with Crippen molar-refractivity contribution in [2.75, 3.05) is 44.7 Å². The molecule has 1 saturated carbocycles. The molecule has 1 N–H and O–H groups in total. The van der Waals surface area contributed by atoms with Gasteiger partial charge in [0.15, 0.2) is 17.9 Å². The summed E-state index contributed by atoms with van der Waals surface area (Å²) in [5, 5.41) is 0.963. The van der Waals surface area contributed by atoms with Gasteiger partial charge in [-0.15, -0.1) is 0 Å². The number of aromatic amines is 1. The molecule has 3 aromatic carbocycles. The highest BCUT2D eigenvalue weighted by Gasteiger charge is 2.50. The number of hydrogen-bond acceptors (Lipinski definition) is 7. The summed E-state index contributed by atoms with van der Waals surface area (Å²) in [4.78, 5) is 27.3. The Morgan fingerprint density at radius 3 is 2.60 bits per heavy atom. The van der Waals surface area contributed by atoms with E-state index in [1.54, 1.807) is 6.20 Å². The van der Waals surface area contributed by atoms with E-state index in [-0.39, 0.29) is 5.82 Å². The fourth-order valence-electron chi connectivity index (χ4n) is 8.94. The third kappa shape index (κ3) is 6.79. The first-order chi connectivity index (χ1) is 25.3. The molecule has 8 rings (SSSR count). The van der Waals surface area contributed by atoms with Gasteiger partial charge in [0, 0.05) is 74.7 Å². The van der Waals surface area contributed by atoms with Gasteiger partial charge in [-0.3, -0.25) is 14.6 Å². The van der Waals surface area contributed by atoms with E-state index in [1.807, 2.05) is 48.7 Å². The lowest BCUT2D eigenvalue weighted by Gasteiger charge is -2.58. The molecule has 1 unspecified atom stereocenters. The summed E-state index contributed by atoms with van der Waals surface area (Å²) < 4.78 is 25.7. The van der Waals surface area contributed by atoms with Crippen LogP contribution in [0.5, 0.6) is 17.2 Å². The number of H-pyrrole nitrogens is 1. The fraction of sp³-hybridized carbons (Fsp3) is 0.395. The molecule has 0 bridgehead atoms. The number of anilines is 1. The number of nitrogens with zero attached hydrogens (tertiary/aromatic N) is 4. The van der Waals surface area contributed by atoms with E-state index in [9.17, 15) is 9.18 Å². The van der Waals surface area contributed by atoms with Crippen LogP contribution in [-0.4, -0.2) is 71.9 Å². The van der Waals surface area contributed by atoms with Crippen LogP contribution in [0.3, 0.4) is 0 Å². The molecule has 1 spiro atoms. The van der Waals surface area contributed by atoms with E-state index >= 15 is 0 Å². The number of aromatic nitrogens is 2. The zero-order valence-corrected chi connectivity index (χ0v) is 30.4. The average Bonchev–Trinajstić information content (AvgIpc) is 3.63. The minimum Gasteiger partial charge on any atom is -0.494 e. The van der Waals surface area contributed by atoms with Gasteiger partial charge < -0.3 is 19.4 Å². The smallest absolute Gasteiger partial charge is 0.165 e. The van der Waals surface area contributed by atoms with Gasteiger partial charge in [0.2, 0.25) is 0 Å². The van der Waals surface area contributed by atoms with Gasteiger partial charge in [-0.05, 0) is 90.1 Å². The van der Waals surface area contributed by atoms with Crippen LogP contribution in [0.15, 0.2) is 85.2 Å². The largest absolute Gasteiger partial charge is 0.494 e. The minimum atomic E-state index is -0.321. The number of carbonyl (C=O) groups excluding carboxylic acids is 1. The molecule has 5 aromatic rings. The number of piperidine rings is 1. The highest BCUT2D eigenvalue weighted by Crippen LogP contribution is 2.53. The molecule has 2 saturated heterocycles. The molecule has 2 aromatic heterocycles. The number of methoxy groups -OCH3 is 1. The number of rotatable bonds is 10. The molecule has 2 aliphatic heterocycles. The number of fused-ring (bicyclic) bond motifs is 1. The van der Waals surface area contributed by atoms with E-state index in [1.165, 1.54) is 37.1 Å². The highest BCUT2D eigenvalue weighted by atomic mass is 19.1. The third-order valence-electron chi connectivity index (χ3n) is 11.8. The van der Waals surface area contributed by atoms with Crippen molar-refractivity contribution >= 4 is 23.0 Å². The molecule has 0 amide bonds. The third-order valence-corrected chi connectivity index (χ3v) is 11.8. The maximum atomic E-state index is 14.2. The molecule has 52 heavy (non-hydrogen) atoms. The number of hydrogen-bond donors (Lipinski definition) is 1. The van der Waals surface area contributed by atoms with E-state index in [4.69, 9.17) is 9.47 Å². The fourth-order valence-corrected chi connectivity index (χ4v) is 8.94. The minimum absolute atomic E-state index is 0.304. The summed E-state index contributed by atoms with van der Waals surface area (Å²) in [6, 6.07) is 24.9. The maximum Gasteiger partial charge on any atom is 0.165 e. The van der Waals surface area contributed by atoms with Crippen molar-refractivity contribution in [3.05, 3.63) is 113 Å². The first kappa shape index (κ1) is 34.4. The number of piperazine rings is 1. The lowest BCUT2D eigenvalue weighted by Crippen LogP contribution is -2.60. The molecule has 1 aliphatic carbocycles. The predicted octanol–water partition coefficient (Wildman–Crippen LogP) is 8.75. The normalized spacial score (nSPS) is 19.6. The predicted molar refractivity (Wildman–Crippen MR) is 203 cm³/mol. The Hall–Kier alpha value is -4.73. The summed E-state index contributed by atoms with van der Waals surface area (Å²) in [6.45, 7) is 10.3. The highest BCUT2D eigenvalue weighted by molar-refractivity contribution is 5.81. The zero-order chi connectivity index (χ0) is 35.8. The van der Waals surface area contributed by atoms with Crippen LogP contribution in [0.4, 0.5) is 10.1 Å². The molecule has 0 radical (unpaired) electrons. The van der Waals surface area contributed by atoms with Crippen LogP contribution >= 0.6 is 0 Å². The molecular weight excluding hydrogens is 654 g/mol. The number of pyridine rings is 1. The van der Waals surface area contributed by atoms with Gasteiger partial charge in [-0.1, -0.05) is 44.2 Å². The Morgan fingerprint density at radius 1 is 0.981 bits per heavy atom. The van der Waals surface area contributed by atoms with Gasteiger partial charge in [0.25, 0.3) is 0 Å². The van der Waals surface area contributed by atoms with Crippen LogP contribution in [-0.2, 0) is 6.54 Å². The van der Waals surface area contributed by atoms with E-state index in [2.05, 4.69) is 62.8 Å². The van der Waals surface area contributed by atoms with Crippen LogP contribution < -0.4 is 14.4 Å². The summed E-state index contributed by atoms with van der Waals surface area (Å²) in [6.07, 6.45) is 9.16. The summed E-state index contributed by atoms with van der Waals surface area (Å²) in [5.41, 5.74) is 6.72. The van der Waals surface area contributed by atoms with Crippen molar-refractivity contribution in [1.82, 2.24) is 19.8 Å². The SMILES string of the molecule is COc1cc(CN2CCN(C3CC4(CCN(c5ccc(C=O)c(Oc6cnc7[nH]ccc7c6)c5)CC4)C3)C(c3ccccc3C(C)C)C2)ccc1F. The standard InChI is InChI=1S/C43H48FN5O3/c1-29(2)36-6-4-5-7-37(36)39-27-47(26-30-8-11-38(44)41(20-30)51-3)18-19-49(39)34-23-43(24-34)13-16-48(17-14-43)33-10-9-32(28-50)40(22-33)52-35-21-31-12-15-45-42(31)46-25-35/h4-12,15,20-22,25,28-29,34,39H,13-14,16-19,23-24,26-27H2,1-3H3,(H,45,46). The second-order valence-corrected chi connectivity index (χ2v) is 15.3. The summed E-state index contributed by atoms with van der Waals surface area (Å²) in [7, 11) is 1.53. The Labute approximate surface area is 305 Å². The maximum absolute atomic E-state index is 14.2. The zero-order valence-electron chi connectivity index (χ0n) is 30.4. The number of benzene rings is 3. The van der Waals surface area contributed by atoms with Crippen molar-refractivity contribution in [1.29, 1.82) is 0 Å². The van der Waals surface area contributed by atoms with Crippen molar-refractivity contribution in [2.24, 2.45) is 5.41 Å². The van der Waals surface area contributed by atoms with Gasteiger partial charge in [-0.2, -0.15) is 0 Å². The molecule has 9 heteroatoms. The molecule has 1 atom stereocenters. The number of halogens is 1. The van der Waals surface area contributed by atoms with Crippen LogP contribution in [0.1, 0.15) is 78.5 Å². The van der Waals surface area contributed by atoms with Crippen LogP contribution in [0.25, 0.3) is 11.0 Å². The van der Waals surface area contributed by atoms with Crippen molar-refractivity contribution in [3.63, 3.8) is 0 Å². The average molecular weight is 702 g/mol. The Bertz CT molecular complexity index is 2050. The summed E-state index contributed by atoms with van der Waals surface area (Å²) >= 11 is 0. The second-order valence-electron chi connectivity index (χ2n) is 15.3. The topological polar surface area (TPSA) is 73.9 Å². The quantitative estimate of drug-likeness (QED) is 0.146. The van der Waals surface area contributed by atoms with Gasteiger partial charge >= 0.3 is 0 Å². The second kappa shape index (κ2) is 14.4. The van der Waals surface area contributed by atoms with Crippen molar-refractivity contribution in [2.45, 2.75) is 64.1 Å². The Morgan fingerprint density at radius 2 is 1.81 bits per heavy atom. The van der Waals surface area contributed by atoms with Crippen molar-refractivity contribution < 1.29 is 18.7 Å². The van der Waals surface area contributed by atoms with E-state index in [0.717, 1.165) is 80.7 Å². The molecule has 4 heterocycles. The van der Waals surface area contributed by atoms with E-state index < -0.39 is 0 Å². The molecule has 8 nitrogen and oxygen atoms in total. The summed E-state index contributed by atoms with van der Waals surface area (Å²) in [5.74, 6) is 1.59. The molecule has 270 valence electrons. The monoisotopic (exact) mass is 701 g/mol. The number of carbonyl (C=O) groups is 1. The van der Waals surface area contributed by atoms with E-state index in [0.29, 0.717) is 46.2 Å². The molecule has 3 fully saturated rings. The van der Waals surface area contributed by atoms with Crippen LogP contribution in [0, 0.1) is 11.2 Å². The van der Waals surface area contributed by atoms with Crippen molar-refractivity contribution in [3.8, 4) is 17.2 Å². The molecule has 3 aliphatic rings. The number of aldehydes is 1. The number of nitrogens with one attached hydrogen (secondary N) is 1. The first-order valence-corrected chi connectivity index (χ1v) is 18.7. The Kier molecular flexibility index (Phi) is 9.49. The van der Waals surface area contributed by atoms with Gasteiger partial charge in [0.05, 0.1) is 18.9 Å². The lowest BCUT2D eigenvalue weighted by molar-refractivity contribution is -0.0628. The lowest BCUT2D eigenvalue weighted by atomic mass is 9.59.